The van der Waals surface area contributed by atoms with E-state index in [1.165, 1.54) is 0 Å². The molecule has 1 heterocycles. The number of carbonyl (C=O) groups excluding carboxylic acids is 1. The molecule has 0 saturated heterocycles. The standard InChI is InChI=1S/C12H20N2O3/c1-8(2)14-12(16)9(3)13-6-10-4-5-11(7-15)17-10/h4-5,8-9,13,15H,6-7H2,1-3H3,(H,14,16). The Hall–Kier alpha value is -1.33. The summed E-state index contributed by atoms with van der Waals surface area (Å²) >= 11 is 0. The van der Waals surface area contributed by atoms with E-state index in [4.69, 9.17) is 9.52 Å². The van der Waals surface area contributed by atoms with Gasteiger partial charge < -0.3 is 14.8 Å². The van der Waals surface area contributed by atoms with Gasteiger partial charge in [0.2, 0.25) is 5.91 Å². The van der Waals surface area contributed by atoms with Crippen molar-refractivity contribution in [3.63, 3.8) is 0 Å². The fraction of sp³-hybridized carbons (Fsp3) is 0.583. The minimum atomic E-state index is -0.278. The molecule has 1 unspecified atom stereocenters. The third kappa shape index (κ3) is 4.58. The van der Waals surface area contributed by atoms with Gasteiger partial charge in [0.15, 0.2) is 0 Å². The summed E-state index contributed by atoms with van der Waals surface area (Å²) in [6.07, 6.45) is 0. The molecule has 0 spiro atoms. The zero-order valence-electron chi connectivity index (χ0n) is 10.5. The average molecular weight is 240 g/mol. The molecule has 0 bridgehead atoms. The van der Waals surface area contributed by atoms with Gasteiger partial charge >= 0.3 is 0 Å². The quantitative estimate of drug-likeness (QED) is 0.686. The zero-order valence-corrected chi connectivity index (χ0v) is 10.5. The molecule has 0 radical (unpaired) electrons. The second-order valence-corrected chi connectivity index (χ2v) is 4.29. The molecule has 1 rings (SSSR count). The van der Waals surface area contributed by atoms with Gasteiger partial charge in [0.25, 0.3) is 0 Å². The van der Waals surface area contributed by atoms with Crippen molar-refractivity contribution >= 4 is 5.91 Å². The van der Waals surface area contributed by atoms with Gasteiger partial charge in [-0.05, 0) is 32.9 Å². The van der Waals surface area contributed by atoms with Gasteiger partial charge in [0.05, 0.1) is 12.6 Å². The van der Waals surface area contributed by atoms with Gasteiger partial charge in [-0.1, -0.05) is 0 Å². The fourth-order valence-electron chi connectivity index (χ4n) is 1.36. The second kappa shape index (κ2) is 6.42. The Bertz CT molecular complexity index is 360. The summed E-state index contributed by atoms with van der Waals surface area (Å²) in [4.78, 5) is 11.6. The first-order valence-electron chi connectivity index (χ1n) is 5.75. The van der Waals surface area contributed by atoms with Crippen LogP contribution in [0.1, 0.15) is 32.3 Å². The van der Waals surface area contributed by atoms with Crippen LogP contribution in [0.5, 0.6) is 0 Å². The Morgan fingerprint density at radius 2 is 2.00 bits per heavy atom. The Kier molecular flexibility index (Phi) is 5.18. The van der Waals surface area contributed by atoms with Crippen molar-refractivity contribution in [2.24, 2.45) is 0 Å². The summed E-state index contributed by atoms with van der Waals surface area (Å²) in [5, 5.41) is 14.7. The van der Waals surface area contributed by atoms with Gasteiger partial charge in [-0.3, -0.25) is 10.1 Å². The first-order chi connectivity index (χ1) is 8.02. The molecule has 0 aromatic carbocycles. The number of hydrogen-bond donors (Lipinski definition) is 3. The molecule has 1 atom stereocenters. The van der Waals surface area contributed by atoms with Gasteiger partial charge in [-0.2, -0.15) is 0 Å². The van der Waals surface area contributed by atoms with Gasteiger partial charge in [-0.15, -0.1) is 0 Å². The Morgan fingerprint density at radius 1 is 1.35 bits per heavy atom. The molecule has 0 aliphatic carbocycles. The fourth-order valence-corrected chi connectivity index (χ4v) is 1.36. The van der Waals surface area contributed by atoms with Crippen molar-refractivity contribution in [1.82, 2.24) is 10.6 Å². The first-order valence-corrected chi connectivity index (χ1v) is 5.75. The molecule has 0 saturated carbocycles. The van der Waals surface area contributed by atoms with Crippen LogP contribution in [-0.4, -0.2) is 23.1 Å². The minimum absolute atomic E-state index is 0.0334. The number of furan rings is 1. The summed E-state index contributed by atoms with van der Waals surface area (Å²) in [5.74, 6) is 1.20. The third-order valence-electron chi connectivity index (χ3n) is 2.28. The summed E-state index contributed by atoms with van der Waals surface area (Å²) < 4.78 is 5.30. The van der Waals surface area contributed by atoms with E-state index in [-0.39, 0.29) is 24.6 Å². The van der Waals surface area contributed by atoms with Crippen LogP contribution < -0.4 is 10.6 Å². The molecule has 0 aliphatic rings. The molecule has 1 aromatic rings. The molecule has 5 nitrogen and oxygen atoms in total. The van der Waals surface area contributed by atoms with Crippen LogP contribution in [0.3, 0.4) is 0 Å². The Morgan fingerprint density at radius 3 is 2.53 bits per heavy atom. The van der Waals surface area contributed by atoms with E-state index in [2.05, 4.69) is 10.6 Å². The lowest BCUT2D eigenvalue weighted by atomic mass is 10.2. The summed E-state index contributed by atoms with van der Waals surface area (Å²) in [7, 11) is 0. The normalized spacial score (nSPS) is 12.8. The highest BCUT2D eigenvalue weighted by Crippen LogP contribution is 2.07. The summed E-state index contributed by atoms with van der Waals surface area (Å²) in [6, 6.07) is 3.36. The van der Waals surface area contributed by atoms with Crippen LogP contribution in [0.2, 0.25) is 0 Å². The van der Waals surface area contributed by atoms with Crippen molar-refractivity contribution < 1.29 is 14.3 Å². The number of hydrogen-bond acceptors (Lipinski definition) is 4. The van der Waals surface area contributed by atoms with Gasteiger partial charge in [0.1, 0.15) is 18.1 Å². The van der Waals surface area contributed by atoms with Crippen molar-refractivity contribution in [2.45, 2.75) is 46.0 Å². The molecule has 3 N–H and O–H groups in total. The number of aliphatic hydroxyl groups is 1. The van der Waals surface area contributed by atoms with E-state index >= 15 is 0 Å². The molecule has 0 fully saturated rings. The highest BCUT2D eigenvalue weighted by Gasteiger charge is 2.13. The number of nitrogens with one attached hydrogen (secondary N) is 2. The van der Waals surface area contributed by atoms with E-state index in [0.29, 0.717) is 18.1 Å². The van der Waals surface area contributed by atoms with Crippen LogP contribution in [0.15, 0.2) is 16.5 Å². The largest absolute Gasteiger partial charge is 0.462 e. The van der Waals surface area contributed by atoms with E-state index in [0.717, 1.165) is 0 Å². The van der Waals surface area contributed by atoms with Crippen LogP contribution in [-0.2, 0) is 17.9 Å². The highest BCUT2D eigenvalue weighted by molar-refractivity contribution is 5.81. The monoisotopic (exact) mass is 240 g/mol. The molecule has 1 aromatic heterocycles. The molecule has 17 heavy (non-hydrogen) atoms. The highest BCUT2D eigenvalue weighted by atomic mass is 16.4. The lowest BCUT2D eigenvalue weighted by molar-refractivity contribution is -0.123. The van der Waals surface area contributed by atoms with Crippen molar-refractivity contribution in [3.05, 3.63) is 23.7 Å². The van der Waals surface area contributed by atoms with Gasteiger partial charge in [0, 0.05) is 6.04 Å². The molecular weight excluding hydrogens is 220 g/mol. The first kappa shape index (κ1) is 13.7. The Balaban J connectivity index is 2.37. The molecule has 0 aliphatic heterocycles. The van der Waals surface area contributed by atoms with E-state index in [1.807, 2.05) is 13.8 Å². The lowest BCUT2D eigenvalue weighted by Gasteiger charge is -2.15. The predicted octanol–water partition coefficient (Wildman–Crippen LogP) is 0.775. The van der Waals surface area contributed by atoms with Crippen LogP contribution >= 0.6 is 0 Å². The van der Waals surface area contributed by atoms with Crippen molar-refractivity contribution in [1.29, 1.82) is 0 Å². The summed E-state index contributed by atoms with van der Waals surface area (Å²) in [6.45, 7) is 6.00. The SMILES string of the molecule is CC(C)NC(=O)C(C)NCc1ccc(CO)o1. The Labute approximate surface area is 101 Å². The number of amides is 1. The zero-order chi connectivity index (χ0) is 12.8. The number of aliphatic hydroxyl groups excluding tert-OH is 1. The maximum absolute atomic E-state index is 11.6. The average Bonchev–Trinajstić information content (AvgIpc) is 2.72. The predicted molar refractivity (Wildman–Crippen MR) is 64.2 cm³/mol. The van der Waals surface area contributed by atoms with Crippen molar-refractivity contribution in [3.8, 4) is 0 Å². The topological polar surface area (TPSA) is 74.5 Å². The van der Waals surface area contributed by atoms with E-state index < -0.39 is 0 Å². The lowest BCUT2D eigenvalue weighted by Crippen LogP contribution is -2.44. The van der Waals surface area contributed by atoms with Crippen LogP contribution in [0.25, 0.3) is 0 Å². The molecular formula is C12H20N2O3. The van der Waals surface area contributed by atoms with Crippen molar-refractivity contribution in [2.75, 3.05) is 0 Å². The van der Waals surface area contributed by atoms with Gasteiger partial charge in [-0.25, -0.2) is 0 Å². The molecule has 5 heteroatoms. The third-order valence-corrected chi connectivity index (χ3v) is 2.28. The van der Waals surface area contributed by atoms with Crippen LogP contribution in [0, 0.1) is 0 Å². The maximum atomic E-state index is 11.6. The molecule has 96 valence electrons. The number of carbonyl (C=O) groups is 1. The van der Waals surface area contributed by atoms with Crippen LogP contribution in [0.4, 0.5) is 0 Å². The summed E-state index contributed by atoms with van der Waals surface area (Å²) in [5.41, 5.74) is 0. The second-order valence-electron chi connectivity index (χ2n) is 4.29. The molecule has 1 amide bonds. The maximum Gasteiger partial charge on any atom is 0.237 e. The smallest absolute Gasteiger partial charge is 0.237 e. The number of rotatable bonds is 6. The minimum Gasteiger partial charge on any atom is -0.462 e. The van der Waals surface area contributed by atoms with E-state index in [1.54, 1.807) is 19.1 Å². The van der Waals surface area contributed by atoms with E-state index in [9.17, 15) is 4.79 Å².